The summed E-state index contributed by atoms with van der Waals surface area (Å²) in [5, 5.41) is 0. The van der Waals surface area contributed by atoms with E-state index in [-0.39, 0.29) is 0 Å². The third-order valence-corrected chi connectivity index (χ3v) is 6.15. The van der Waals surface area contributed by atoms with Crippen LogP contribution >= 0.6 is 0 Å². The van der Waals surface area contributed by atoms with E-state index < -0.39 is 108 Å². The zero-order chi connectivity index (χ0) is 42.3. The molecule has 0 N–H and O–H groups in total. The second-order valence-electron chi connectivity index (χ2n) is 9.76. The first-order valence-electron chi connectivity index (χ1n) is 11.4. The lowest BCUT2D eigenvalue weighted by Gasteiger charge is -2.46. The van der Waals surface area contributed by atoms with Gasteiger partial charge in [0.05, 0.1) is 13.0 Å². The molecular weight excluding hydrogens is 823 g/mol. The predicted molar refractivity (Wildman–Crippen MR) is 101 cm³/mol. The molecule has 0 saturated heterocycles. The smallest absolute Gasteiger partial charge is 0.460 e. The summed E-state index contributed by atoms with van der Waals surface area (Å²) < 4.78 is 394. The highest BCUT2D eigenvalue weighted by Crippen LogP contribution is 2.69. The SMILES string of the molecule is C=C(C)C(=O)OCCC(F)(F)C(F)(F)C(F)(F)C(F)(F)C(F)(F)C(F)(F)C(F)(F)C(F)(F)C(F)(F)C(F)(F)C(F)(F)C(F)(F)C(F)(F)C(F)(F)F. The van der Waals surface area contributed by atoms with Crippen LogP contribution in [0.5, 0.6) is 0 Å². The molecule has 0 aliphatic carbocycles. The lowest BCUT2D eigenvalue weighted by Crippen LogP contribution is -2.79. The van der Waals surface area contributed by atoms with Gasteiger partial charge >= 0.3 is 89.1 Å². The van der Waals surface area contributed by atoms with E-state index in [0.717, 1.165) is 0 Å². The van der Waals surface area contributed by atoms with E-state index in [4.69, 9.17) is 0 Å². The van der Waals surface area contributed by atoms with Crippen LogP contribution in [-0.2, 0) is 9.53 Å². The fourth-order valence-corrected chi connectivity index (χ4v) is 2.93. The van der Waals surface area contributed by atoms with Gasteiger partial charge in [-0.05, 0) is 6.92 Å². The van der Waals surface area contributed by atoms with Crippen LogP contribution in [0.15, 0.2) is 12.2 Å². The fourth-order valence-electron chi connectivity index (χ4n) is 2.93. The summed E-state index contributed by atoms with van der Waals surface area (Å²) in [5.41, 5.74) is -0.818. The number of rotatable bonds is 16. The van der Waals surface area contributed by atoms with Crippen LogP contribution in [0, 0.1) is 0 Å². The molecule has 0 aromatic rings. The number of halogens is 29. The van der Waals surface area contributed by atoms with Crippen LogP contribution in [0.2, 0.25) is 0 Å². The molecule has 0 aliphatic heterocycles. The van der Waals surface area contributed by atoms with Crippen molar-refractivity contribution in [3.63, 3.8) is 0 Å². The van der Waals surface area contributed by atoms with Gasteiger partial charge in [-0.25, -0.2) is 4.79 Å². The number of carbonyl (C=O) groups excluding carboxylic acids is 1. The molecule has 0 spiro atoms. The van der Waals surface area contributed by atoms with Crippen molar-refractivity contribution in [2.24, 2.45) is 0 Å². The van der Waals surface area contributed by atoms with Gasteiger partial charge in [-0.2, -0.15) is 127 Å². The zero-order valence-corrected chi connectivity index (χ0v) is 22.9. The van der Waals surface area contributed by atoms with Crippen LogP contribution in [0.4, 0.5) is 127 Å². The molecule has 0 amide bonds. The van der Waals surface area contributed by atoms with Crippen molar-refractivity contribution in [3.8, 4) is 0 Å². The maximum atomic E-state index is 13.9. The quantitative estimate of drug-likeness (QED) is 0.0880. The molecule has 0 unspecified atom stereocenters. The summed E-state index contributed by atoms with van der Waals surface area (Å²) >= 11 is 0. The molecule has 0 heterocycles. The van der Waals surface area contributed by atoms with E-state index in [9.17, 15) is 132 Å². The highest BCUT2D eigenvalue weighted by Gasteiger charge is 3.00. The van der Waals surface area contributed by atoms with E-state index in [1.54, 1.807) is 0 Å². The molecule has 304 valence electrons. The average Bonchev–Trinajstić information content (AvgIpc) is 2.90. The van der Waals surface area contributed by atoms with Gasteiger partial charge in [-0.1, -0.05) is 6.58 Å². The summed E-state index contributed by atoms with van der Waals surface area (Å²) in [5.74, 6) is -123. The summed E-state index contributed by atoms with van der Waals surface area (Å²) in [6.45, 7) is 1.04. The fraction of sp³-hybridized carbons (Fsp3) is 0.850. The molecule has 0 saturated carbocycles. The van der Waals surface area contributed by atoms with Crippen molar-refractivity contribution >= 4 is 5.97 Å². The Hall–Kier alpha value is -2.82. The number of hydrogen-bond acceptors (Lipinski definition) is 2. The third kappa shape index (κ3) is 6.15. The van der Waals surface area contributed by atoms with Crippen LogP contribution in [0.3, 0.4) is 0 Å². The number of esters is 1. The molecule has 0 radical (unpaired) electrons. The van der Waals surface area contributed by atoms with Gasteiger partial charge in [-0.3, -0.25) is 0 Å². The topological polar surface area (TPSA) is 26.3 Å². The lowest BCUT2D eigenvalue weighted by atomic mass is 9.83. The lowest BCUT2D eigenvalue weighted by molar-refractivity contribution is -0.487. The maximum absolute atomic E-state index is 13.9. The van der Waals surface area contributed by atoms with Crippen molar-refractivity contribution in [1.29, 1.82) is 0 Å². The second-order valence-corrected chi connectivity index (χ2v) is 9.76. The molecule has 0 bridgehead atoms. The first-order chi connectivity index (χ1) is 21.6. The Morgan fingerprint density at radius 2 is 0.588 bits per heavy atom. The van der Waals surface area contributed by atoms with E-state index in [2.05, 4.69) is 11.3 Å². The summed E-state index contributed by atoms with van der Waals surface area (Å²) in [7, 11) is 0. The minimum absolute atomic E-state index is 0.662. The van der Waals surface area contributed by atoms with Crippen LogP contribution < -0.4 is 0 Å². The molecule has 0 aromatic carbocycles. The minimum Gasteiger partial charge on any atom is -0.462 e. The molecule has 0 rings (SSSR count). The summed E-state index contributed by atoms with van der Waals surface area (Å²) in [6, 6.07) is 0. The van der Waals surface area contributed by atoms with Gasteiger partial charge in [0.25, 0.3) is 0 Å². The van der Waals surface area contributed by atoms with E-state index in [1.165, 1.54) is 0 Å². The Kier molecular flexibility index (Phi) is 11.7. The monoisotopic (exact) mass is 832 g/mol. The van der Waals surface area contributed by atoms with Gasteiger partial charge in [-0.15, -0.1) is 0 Å². The van der Waals surface area contributed by atoms with Gasteiger partial charge in [0.2, 0.25) is 0 Å². The molecule has 0 aromatic heterocycles. The zero-order valence-electron chi connectivity index (χ0n) is 22.9. The molecule has 51 heavy (non-hydrogen) atoms. The highest BCUT2D eigenvalue weighted by molar-refractivity contribution is 5.86. The number of hydrogen-bond donors (Lipinski definition) is 0. The Morgan fingerprint density at radius 1 is 0.392 bits per heavy atom. The van der Waals surface area contributed by atoms with Crippen LogP contribution in [-0.4, -0.2) is 95.7 Å². The van der Waals surface area contributed by atoms with Crippen molar-refractivity contribution < 1.29 is 137 Å². The van der Waals surface area contributed by atoms with Gasteiger partial charge in [0.1, 0.15) is 0 Å². The normalized spacial score (nSPS) is 16.4. The predicted octanol–water partition coefficient (Wildman–Crippen LogP) is 10.3. The Balaban J connectivity index is 7.36. The van der Waals surface area contributed by atoms with E-state index >= 15 is 0 Å². The Bertz CT molecular complexity index is 1300. The van der Waals surface area contributed by atoms with Crippen LogP contribution in [0.1, 0.15) is 13.3 Å². The number of alkyl halides is 29. The average molecular weight is 832 g/mol. The minimum atomic E-state index is -9.96. The number of carbonyl (C=O) groups is 1. The second kappa shape index (κ2) is 12.4. The van der Waals surface area contributed by atoms with Crippen molar-refractivity contribution in [1.82, 2.24) is 0 Å². The van der Waals surface area contributed by atoms with Gasteiger partial charge < -0.3 is 4.74 Å². The molecule has 31 heteroatoms. The summed E-state index contributed by atoms with van der Waals surface area (Å²) in [6.07, 6.45) is -11.5. The van der Waals surface area contributed by atoms with Gasteiger partial charge in [0.15, 0.2) is 0 Å². The van der Waals surface area contributed by atoms with Crippen molar-refractivity contribution in [3.05, 3.63) is 12.2 Å². The van der Waals surface area contributed by atoms with E-state index in [0.29, 0.717) is 6.92 Å². The molecule has 0 atom stereocenters. The maximum Gasteiger partial charge on any atom is 0.460 e. The van der Waals surface area contributed by atoms with Crippen molar-refractivity contribution in [2.45, 2.75) is 96.5 Å². The van der Waals surface area contributed by atoms with E-state index in [1.807, 2.05) is 0 Å². The van der Waals surface area contributed by atoms with Crippen LogP contribution in [0.25, 0.3) is 0 Å². The van der Waals surface area contributed by atoms with Crippen molar-refractivity contribution in [2.75, 3.05) is 6.61 Å². The first-order valence-corrected chi connectivity index (χ1v) is 11.4. The highest BCUT2D eigenvalue weighted by atomic mass is 19.4. The first kappa shape index (κ1) is 48.2. The largest absolute Gasteiger partial charge is 0.462 e. The molecule has 2 nitrogen and oxygen atoms in total. The third-order valence-electron chi connectivity index (χ3n) is 6.15. The molecule has 0 aliphatic rings. The summed E-state index contributed by atoms with van der Waals surface area (Å²) in [4.78, 5) is 11.0. The Morgan fingerprint density at radius 3 is 0.784 bits per heavy atom. The molecule has 0 fully saturated rings. The number of ether oxygens (including phenoxy) is 1. The van der Waals surface area contributed by atoms with Gasteiger partial charge in [0, 0.05) is 5.57 Å². The molecular formula is C20H9F29O2. The standard InChI is InChI=1S/C20H9F29O2/c1-5(2)6(50)51-4-3-7(21,22)8(23,24)9(25,26)10(27,28)11(29,30)12(31,32)13(33,34)14(35,36)15(37,38)16(39,40)17(41,42)18(43,44)19(45,46)20(47,48)49/h1,3-4H2,2H3. The Labute approximate surface area is 259 Å².